The number of aromatic nitrogens is 1. The molecule has 2 aromatic heterocycles. The van der Waals surface area contributed by atoms with Crippen LogP contribution in [0.15, 0.2) is 60.0 Å². The lowest BCUT2D eigenvalue weighted by molar-refractivity contribution is 0.0538. The third-order valence-electron chi connectivity index (χ3n) is 5.60. The number of thiazole rings is 1. The number of rotatable bonds is 3. The van der Waals surface area contributed by atoms with Gasteiger partial charge in [-0.15, -0.1) is 22.7 Å². The van der Waals surface area contributed by atoms with Crippen LogP contribution in [0, 0.1) is 6.92 Å². The smallest absolute Gasteiger partial charge is 0.265 e. The minimum Gasteiger partial charge on any atom is -0.335 e. The van der Waals surface area contributed by atoms with Gasteiger partial charge in [-0.25, -0.2) is 4.98 Å². The quantitative estimate of drug-likeness (QED) is 0.447. The van der Waals surface area contributed by atoms with Crippen LogP contribution in [0.25, 0.3) is 20.7 Å². The highest BCUT2D eigenvalue weighted by molar-refractivity contribution is 7.22. The number of benzene rings is 2. The van der Waals surface area contributed by atoms with Crippen LogP contribution >= 0.6 is 22.7 Å². The first-order valence-electron chi connectivity index (χ1n) is 10.2. The Kier molecular flexibility index (Phi) is 5.29. The van der Waals surface area contributed by atoms with Crippen LogP contribution in [0.1, 0.15) is 25.7 Å². The van der Waals surface area contributed by atoms with E-state index in [-0.39, 0.29) is 11.8 Å². The Bertz CT molecular complexity index is 1250. The van der Waals surface area contributed by atoms with Crippen molar-refractivity contribution in [1.82, 2.24) is 14.8 Å². The first kappa shape index (κ1) is 19.9. The van der Waals surface area contributed by atoms with Gasteiger partial charge in [0, 0.05) is 31.7 Å². The van der Waals surface area contributed by atoms with Crippen LogP contribution in [0.5, 0.6) is 0 Å². The predicted octanol–water partition coefficient (Wildman–Crippen LogP) is 4.93. The number of hydrogen-bond acceptors (Lipinski definition) is 5. The van der Waals surface area contributed by atoms with Gasteiger partial charge in [-0.05, 0) is 35.2 Å². The van der Waals surface area contributed by atoms with E-state index in [1.54, 1.807) is 11.3 Å². The van der Waals surface area contributed by atoms with E-state index >= 15 is 0 Å². The van der Waals surface area contributed by atoms with E-state index in [2.05, 4.69) is 4.98 Å². The Labute approximate surface area is 188 Å². The molecule has 0 saturated carbocycles. The van der Waals surface area contributed by atoms with Crippen molar-refractivity contribution >= 4 is 45.3 Å². The normalized spacial score (nSPS) is 14.2. The van der Waals surface area contributed by atoms with Crippen molar-refractivity contribution in [3.8, 4) is 9.88 Å². The van der Waals surface area contributed by atoms with Crippen molar-refractivity contribution in [2.45, 2.75) is 6.92 Å². The van der Waals surface area contributed by atoms with Crippen molar-refractivity contribution in [3.05, 3.63) is 76.1 Å². The third-order valence-corrected chi connectivity index (χ3v) is 7.78. The predicted molar refractivity (Wildman–Crippen MR) is 126 cm³/mol. The second-order valence-electron chi connectivity index (χ2n) is 7.52. The van der Waals surface area contributed by atoms with Crippen LogP contribution < -0.4 is 0 Å². The molecule has 0 spiro atoms. The maximum absolute atomic E-state index is 13.2. The summed E-state index contributed by atoms with van der Waals surface area (Å²) in [7, 11) is 0. The van der Waals surface area contributed by atoms with Gasteiger partial charge in [-0.2, -0.15) is 0 Å². The molecule has 1 fully saturated rings. The molecule has 0 bridgehead atoms. The lowest BCUT2D eigenvalue weighted by Gasteiger charge is -2.34. The number of piperazine rings is 1. The van der Waals surface area contributed by atoms with Crippen molar-refractivity contribution in [3.63, 3.8) is 0 Å². The maximum atomic E-state index is 13.2. The molecule has 31 heavy (non-hydrogen) atoms. The minimum absolute atomic E-state index is 0.00932. The number of thiophene rings is 1. The summed E-state index contributed by atoms with van der Waals surface area (Å²) in [6.45, 7) is 4.01. The molecule has 3 heterocycles. The Morgan fingerprint density at radius 3 is 2.32 bits per heavy atom. The molecule has 4 aromatic rings. The first-order chi connectivity index (χ1) is 15.1. The molecule has 0 N–H and O–H groups in total. The number of amides is 2. The first-order valence-corrected chi connectivity index (χ1v) is 11.9. The zero-order valence-corrected chi connectivity index (χ0v) is 18.7. The fourth-order valence-electron chi connectivity index (χ4n) is 3.94. The molecule has 0 radical (unpaired) electrons. The SMILES string of the molecule is Cc1nc(-c2cccs2)sc1C(=O)N1CCN(C(=O)c2cccc3ccccc23)CC1. The Hall–Kier alpha value is -3.03. The highest BCUT2D eigenvalue weighted by atomic mass is 32.1. The molecule has 7 heteroatoms. The minimum atomic E-state index is 0.00932. The summed E-state index contributed by atoms with van der Waals surface area (Å²) < 4.78 is 0. The van der Waals surface area contributed by atoms with E-state index in [1.165, 1.54) is 11.3 Å². The van der Waals surface area contributed by atoms with Crippen molar-refractivity contribution in [2.75, 3.05) is 26.2 Å². The van der Waals surface area contributed by atoms with E-state index in [9.17, 15) is 9.59 Å². The second kappa shape index (κ2) is 8.24. The molecule has 156 valence electrons. The molecule has 1 saturated heterocycles. The zero-order valence-electron chi connectivity index (χ0n) is 17.1. The molecular weight excluding hydrogens is 426 g/mol. The highest BCUT2D eigenvalue weighted by Gasteiger charge is 2.28. The zero-order chi connectivity index (χ0) is 21.4. The Balaban J connectivity index is 1.29. The van der Waals surface area contributed by atoms with Gasteiger partial charge in [0.1, 0.15) is 9.88 Å². The van der Waals surface area contributed by atoms with Crippen LogP contribution in [0.2, 0.25) is 0 Å². The second-order valence-corrected chi connectivity index (χ2v) is 9.47. The van der Waals surface area contributed by atoms with E-state index < -0.39 is 0 Å². The van der Waals surface area contributed by atoms with Gasteiger partial charge in [0.15, 0.2) is 0 Å². The fourth-order valence-corrected chi connectivity index (χ4v) is 5.77. The number of nitrogens with zero attached hydrogens (tertiary/aromatic N) is 3. The summed E-state index contributed by atoms with van der Waals surface area (Å²) in [5.74, 6) is 0.0351. The molecular formula is C24H21N3O2S2. The van der Waals surface area contributed by atoms with Crippen molar-refractivity contribution < 1.29 is 9.59 Å². The third kappa shape index (κ3) is 3.75. The van der Waals surface area contributed by atoms with Gasteiger partial charge in [0.05, 0.1) is 10.6 Å². The molecule has 0 atom stereocenters. The van der Waals surface area contributed by atoms with Gasteiger partial charge >= 0.3 is 0 Å². The Morgan fingerprint density at radius 2 is 1.58 bits per heavy atom. The van der Waals surface area contributed by atoms with Gasteiger partial charge in [0.2, 0.25) is 0 Å². The van der Waals surface area contributed by atoms with E-state index in [0.29, 0.717) is 31.1 Å². The average Bonchev–Trinajstić information content (AvgIpc) is 3.48. The molecule has 2 aromatic carbocycles. The summed E-state index contributed by atoms with van der Waals surface area (Å²) in [6.07, 6.45) is 0. The largest absolute Gasteiger partial charge is 0.335 e. The fraction of sp³-hybridized carbons (Fsp3) is 0.208. The summed E-state index contributed by atoms with van der Waals surface area (Å²) in [6, 6.07) is 17.8. The number of hydrogen-bond donors (Lipinski definition) is 0. The highest BCUT2D eigenvalue weighted by Crippen LogP contribution is 2.32. The van der Waals surface area contributed by atoms with E-state index in [4.69, 9.17) is 0 Å². The number of carbonyl (C=O) groups excluding carboxylic acids is 2. The molecule has 0 unspecified atom stereocenters. The molecule has 5 nitrogen and oxygen atoms in total. The topological polar surface area (TPSA) is 53.5 Å². The number of fused-ring (bicyclic) bond motifs is 1. The van der Waals surface area contributed by atoms with Crippen molar-refractivity contribution in [1.29, 1.82) is 0 Å². The van der Waals surface area contributed by atoms with Gasteiger partial charge in [0.25, 0.3) is 11.8 Å². The summed E-state index contributed by atoms with van der Waals surface area (Å²) in [4.78, 5) is 36.3. The molecule has 5 rings (SSSR count). The van der Waals surface area contributed by atoms with E-state index in [1.807, 2.05) is 76.7 Å². The van der Waals surface area contributed by atoms with Crippen LogP contribution in [0.4, 0.5) is 0 Å². The van der Waals surface area contributed by atoms with Gasteiger partial charge < -0.3 is 9.80 Å². The summed E-state index contributed by atoms with van der Waals surface area (Å²) in [5.41, 5.74) is 1.49. The monoisotopic (exact) mass is 447 g/mol. The lowest BCUT2D eigenvalue weighted by Crippen LogP contribution is -2.50. The molecule has 1 aliphatic heterocycles. The number of aryl methyl sites for hydroxylation is 1. The van der Waals surface area contributed by atoms with Gasteiger partial charge in [-0.1, -0.05) is 42.5 Å². The number of carbonyl (C=O) groups is 2. The molecule has 1 aliphatic rings. The molecule has 2 amide bonds. The maximum Gasteiger partial charge on any atom is 0.265 e. The average molecular weight is 448 g/mol. The molecule has 0 aliphatic carbocycles. The standard InChI is InChI=1S/C24H21N3O2S2/c1-16-21(31-22(25-16)20-10-5-15-30-20)24(29)27-13-11-26(12-14-27)23(28)19-9-4-7-17-6-2-3-8-18(17)19/h2-10,15H,11-14H2,1H3. The van der Waals surface area contributed by atoms with Crippen molar-refractivity contribution in [2.24, 2.45) is 0 Å². The van der Waals surface area contributed by atoms with Gasteiger partial charge in [-0.3, -0.25) is 9.59 Å². The van der Waals surface area contributed by atoms with E-state index in [0.717, 1.165) is 31.9 Å². The lowest BCUT2D eigenvalue weighted by atomic mass is 10.0. The summed E-state index contributed by atoms with van der Waals surface area (Å²) in [5, 5.41) is 4.93. The summed E-state index contributed by atoms with van der Waals surface area (Å²) >= 11 is 3.08. The van der Waals surface area contributed by atoms with Crippen LogP contribution in [-0.2, 0) is 0 Å². The van der Waals surface area contributed by atoms with Crippen LogP contribution in [-0.4, -0.2) is 52.8 Å². The van der Waals surface area contributed by atoms with Crippen LogP contribution in [0.3, 0.4) is 0 Å². The Morgan fingerprint density at radius 1 is 0.871 bits per heavy atom.